The van der Waals surface area contributed by atoms with Crippen LogP contribution in [0.3, 0.4) is 0 Å². The Morgan fingerprint density at radius 3 is 1.89 bits per heavy atom. The summed E-state index contributed by atoms with van der Waals surface area (Å²) in [4.78, 5) is 0. The van der Waals surface area contributed by atoms with Crippen LogP contribution in [0.1, 0.15) is 32.1 Å². The summed E-state index contributed by atoms with van der Waals surface area (Å²) in [6.07, 6.45) is 7.41. The summed E-state index contributed by atoms with van der Waals surface area (Å²) in [6, 6.07) is 0. The molecule has 0 aromatic heterocycles. The van der Waals surface area contributed by atoms with Gasteiger partial charge in [0.15, 0.2) is 0 Å². The Bertz CT molecular complexity index is 90.6. The average molecular weight is 123 g/mol. The number of rotatable bonds is 0. The summed E-state index contributed by atoms with van der Waals surface area (Å²) < 4.78 is 0. The second kappa shape index (κ2) is 2.00. The van der Waals surface area contributed by atoms with Gasteiger partial charge in [-0.25, -0.2) is 0 Å². The van der Waals surface area contributed by atoms with Crippen LogP contribution in [-0.4, -0.2) is 0 Å². The molecule has 2 aliphatic rings. The van der Waals surface area contributed by atoms with Crippen molar-refractivity contribution in [3.8, 4) is 0 Å². The van der Waals surface area contributed by atoms with Crippen LogP contribution >= 0.6 is 0 Å². The predicted octanol–water partition coefficient (Wildman–Crippen LogP) is 2.65. The molecule has 0 heteroatoms. The van der Waals surface area contributed by atoms with Crippen LogP contribution in [0.4, 0.5) is 0 Å². The summed E-state index contributed by atoms with van der Waals surface area (Å²) in [5, 5.41) is 0. The zero-order chi connectivity index (χ0) is 6.27. The van der Waals surface area contributed by atoms with Gasteiger partial charge in [0, 0.05) is 0 Å². The maximum absolute atomic E-state index is 4.22. The van der Waals surface area contributed by atoms with Crippen LogP contribution in [-0.2, 0) is 0 Å². The van der Waals surface area contributed by atoms with Gasteiger partial charge in [-0.05, 0) is 37.5 Å². The van der Waals surface area contributed by atoms with Gasteiger partial charge in [-0.3, -0.25) is 0 Å². The van der Waals surface area contributed by atoms with E-state index in [4.69, 9.17) is 0 Å². The van der Waals surface area contributed by atoms with Crippen molar-refractivity contribution in [3.63, 3.8) is 0 Å². The van der Waals surface area contributed by atoms with E-state index in [1.54, 1.807) is 0 Å². The average Bonchev–Trinajstić information content (AvgIpc) is 2.19. The van der Waals surface area contributed by atoms with Crippen LogP contribution in [0.5, 0.6) is 0 Å². The Hall–Kier alpha value is 0. The van der Waals surface area contributed by atoms with E-state index in [0.717, 1.165) is 17.8 Å². The number of hydrogen-bond acceptors (Lipinski definition) is 0. The SMILES string of the molecule is [CH2]C1C2CCCC1CC2. The van der Waals surface area contributed by atoms with E-state index in [1.165, 1.54) is 32.1 Å². The third kappa shape index (κ3) is 0.798. The molecule has 0 amide bonds. The van der Waals surface area contributed by atoms with Crippen LogP contribution in [0.15, 0.2) is 0 Å². The van der Waals surface area contributed by atoms with Gasteiger partial charge in [-0.15, -0.1) is 0 Å². The molecule has 51 valence electrons. The van der Waals surface area contributed by atoms with E-state index >= 15 is 0 Å². The first-order valence-electron chi connectivity index (χ1n) is 4.21. The molecule has 2 aliphatic carbocycles. The lowest BCUT2D eigenvalue weighted by atomic mass is 9.80. The van der Waals surface area contributed by atoms with Crippen LogP contribution in [0.2, 0.25) is 0 Å². The van der Waals surface area contributed by atoms with Crippen molar-refractivity contribution in [1.29, 1.82) is 0 Å². The lowest BCUT2D eigenvalue weighted by Gasteiger charge is -2.25. The van der Waals surface area contributed by atoms with Crippen molar-refractivity contribution in [2.45, 2.75) is 32.1 Å². The zero-order valence-electron chi connectivity index (χ0n) is 5.97. The van der Waals surface area contributed by atoms with Gasteiger partial charge >= 0.3 is 0 Å². The molecule has 9 heavy (non-hydrogen) atoms. The molecule has 2 saturated carbocycles. The maximum Gasteiger partial charge on any atom is -0.0357 e. The minimum absolute atomic E-state index is 0.832. The molecule has 2 unspecified atom stereocenters. The molecule has 0 aromatic carbocycles. The largest absolute Gasteiger partial charge is 0.0528 e. The first-order chi connectivity index (χ1) is 4.38. The molecule has 0 saturated heterocycles. The second-order valence-corrected chi connectivity index (χ2v) is 3.69. The lowest BCUT2D eigenvalue weighted by molar-refractivity contribution is 0.276. The molecule has 0 aliphatic heterocycles. The fraction of sp³-hybridized carbons (Fsp3) is 0.889. The highest BCUT2D eigenvalue weighted by atomic mass is 14.4. The molecule has 0 N–H and O–H groups in total. The van der Waals surface area contributed by atoms with Crippen molar-refractivity contribution < 1.29 is 0 Å². The molecule has 0 aromatic rings. The smallest absolute Gasteiger partial charge is 0.0357 e. The van der Waals surface area contributed by atoms with Crippen molar-refractivity contribution in [1.82, 2.24) is 0 Å². The van der Waals surface area contributed by atoms with Gasteiger partial charge in [0.05, 0.1) is 0 Å². The normalized spacial score (nSPS) is 49.7. The summed E-state index contributed by atoms with van der Waals surface area (Å²) in [5.74, 6) is 2.87. The highest BCUT2D eigenvalue weighted by Gasteiger charge is 2.35. The van der Waals surface area contributed by atoms with Crippen LogP contribution < -0.4 is 0 Å². The number of hydrogen-bond donors (Lipinski definition) is 0. The first-order valence-corrected chi connectivity index (χ1v) is 4.21. The van der Waals surface area contributed by atoms with Crippen LogP contribution in [0.25, 0.3) is 0 Å². The van der Waals surface area contributed by atoms with Gasteiger partial charge < -0.3 is 0 Å². The van der Waals surface area contributed by atoms with Gasteiger partial charge in [-0.2, -0.15) is 0 Å². The minimum Gasteiger partial charge on any atom is -0.0528 e. The molecular weight excluding hydrogens is 108 g/mol. The molecular formula is C9H15. The Labute approximate surface area is 57.6 Å². The molecule has 0 spiro atoms. The topological polar surface area (TPSA) is 0 Å². The van der Waals surface area contributed by atoms with E-state index in [0.29, 0.717) is 0 Å². The molecule has 1 radical (unpaired) electrons. The summed E-state index contributed by atoms with van der Waals surface area (Å²) in [6.45, 7) is 4.22. The first kappa shape index (κ1) is 5.76. The molecule has 2 rings (SSSR count). The predicted molar refractivity (Wildman–Crippen MR) is 38.9 cm³/mol. The van der Waals surface area contributed by atoms with Gasteiger partial charge in [0.2, 0.25) is 0 Å². The Kier molecular flexibility index (Phi) is 1.28. The summed E-state index contributed by atoms with van der Waals surface area (Å²) in [7, 11) is 0. The second-order valence-electron chi connectivity index (χ2n) is 3.69. The molecule has 0 heterocycles. The monoisotopic (exact) mass is 123 g/mol. The third-order valence-corrected chi connectivity index (χ3v) is 3.27. The van der Waals surface area contributed by atoms with E-state index in [-0.39, 0.29) is 0 Å². The fourth-order valence-corrected chi connectivity index (χ4v) is 2.60. The Morgan fingerprint density at radius 2 is 1.44 bits per heavy atom. The van der Waals surface area contributed by atoms with Gasteiger partial charge in [-0.1, -0.05) is 19.3 Å². The van der Waals surface area contributed by atoms with Crippen molar-refractivity contribution in [2.24, 2.45) is 17.8 Å². The fourth-order valence-electron chi connectivity index (χ4n) is 2.60. The van der Waals surface area contributed by atoms with Gasteiger partial charge in [0.25, 0.3) is 0 Å². The van der Waals surface area contributed by atoms with Crippen molar-refractivity contribution >= 4 is 0 Å². The van der Waals surface area contributed by atoms with E-state index in [1.807, 2.05) is 0 Å². The van der Waals surface area contributed by atoms with Gasteiger partial charge in [0.1, 0.15) is 0 Å². The molecule has 2 fully saturated rings. The standard InChI is InChI=1S/C9H15/c1-7-8-3-2-4-9(7)6-5-8/h7-9H,1-6H2. The molecule has 2 bridgehead atoms. The third-order valence-electron chi connectivity index (χ3n) is 3.27. The van der Waals surface area contributed by atoms with Crippen LogP contribution in [0, 0.1) is 24.7 Å². The quantitative estimate of drug-likeness (QED) is 0.464. The summed E-state index contributed by atoms with van der Waals surface area (Å²) in [5.41, 5.74) is 0. The maximum atomic E-state index is 4.22. The summed E-state index contributed by atoms with van der Waals surface area (Å²) >= 11 is 0. The van der Waals surface area contributed by atoms with E-state index in [9.17, 15) is 0 Å². The minimum atomic E-state index is 0.832. The van der Waals surface area contributed by atoms with E-state index in [2.05, 4.69) is 6.92 Å². The lowest BCUT2D eigenvalue weighted by Crippen LogP contribution is -2.16. The van der Waals surface area contributed by atoms with Crippen molar-refractivity contribution in [2.75, 3.05) is 0 Å². The Morgan fingerprint density at radius 1 is 0.889 bits per heavy atom. The highest BCUT2D eigenvalue weighted by Crippen LogP contribution is 2.45. The highest BCUT2D eigenvalue weighted by molar-refractivity contribution is 4.89. The molecule has 2 atom stereocenters. The van der Waals surface area contributed by atoms with E-state index < -0.39 is 0 Å². The molecule has 0 nitrogen and oxygen atoms in total. The van der Waals surface area contributed by atoms with Crippen molar-refractivity contribution in [3.05, 3.63) is 6.92 Å². The zero-order valence-corrected chi connectivity index (χ0v) is 5.97. The Balaban J connectivity index is 2.10. The number of fused-ring (bicyclic) bond motifs is 2.